The third kappa shape index (κ3) is 3.44. The molecule has 7 nitrogen and oxygen atoms in total. The molecule has 0 aliphatic heterocycles. The van der Waals surface area contributed by atoms with Crippen molar-refractivity contribution in [2.45, 2.75) is 20.4 Å². The van der Waals surface area contributed by atoms with Crippen molar-refractivity contribution in [1.82, 2.24) is 24.1 Å². The van der Waals surface area contributed by atoms with Gasteiger partial charge in [-0.1, -0.05) is 42.0 Å². The molecule has 0 N–H and O–H groups in total. The summed E-state index contributed by atoms with van der Waals surface area (Å²) in [6, 6.07) is 23.5. The number of para-hydroxylation sites is 2. The molecule has 0 radical (unpaired) electrons. The van der Waals surface area contributed by atoms with Crippen molar-refractivity contribution in [3.05, 3.63) is 100 Å². The lowest BCUT2D eigenvalue weighted by molar-refractivity contribution is 0.415. The molecule has 3 aromatic heterocycles. The zero-order valence-electron chi connectivity index (χ0n) is 19.7. The summed E-state index contributed by atoms with van der Waals surface area (Å²) >= 11 is 0. The summed E-state index contributed by atoms with van der Waals surface area (Å²) in [5, 5.41) is 0.465. The Bertz CT molecular complexity index is 1780. The van der Waals surface area contributed by atoms with Crippen LogP contribution in [-0.2, 0) is 6.54 Å². The Hall–Kier alpha value is -4.52. The van der Waals surface area contributed by atoms with E-state index >= 15 is 0 Å². The summed E-state index contributed by atoms with van der Waals surface area (Å²) in [6.45, 7) is 4.35. The minimum absolute atomic E-state index is 0.130. The van der Waals surface area contributed by atoms with E-state index in [9.17, 15) is 4.79 Å². The van der Waals surface area contributed by atoms with Gasteiger partial charge in [0.1, 0.15) is 22.5 Å². The van der Waals surface area contributed by atoms with E-state index < -0.39 is 0 Å². The molecule has 0 saturated carbocycles. The molecule has 0 atom stereocenters. The van der Waals surface area contributed by atoms with Crippen LogP contribution < -0.4 is 10.3 Å². The molecule has 0 aliphatic carbocycles. The van der Waals surface area contributed by atoms with Crippen LogP contribution in [0.15, 0.2) is 77.6 Å². The normalized spacial score (nSPS) is 11.5. The Morgan fingerprint density at radius 3 is 2.17 bits per heavy atom. The van der Waals surface area contributed by atoms with Crippen LogP contribution in [0.5, 0.6) is 5.75 Å². The van der Waals surface area contributed by atoms with E-state index in [2.05, 4.69) is 12.1 Å². The molecule has 3 aromatic carbocycles. The van der Waals surface area contributed by atoms with E-state index in [4.69, 9.17) is 19.7 Å². The maximum absolute atomic E-state index is 13.9. The number of aryl methyl sites for hydroxylation is 2. The largest absolute Gasteiger partial charge is 0.497 e. The Morgan fingerprint density at radius 1 is 0.800 bits per heavy atom. The minimum Gasteiger partial charge on any atom is -0.497 e. The van der Waals surface area contributed by atoms with Crippen LogP contribution in [-0.4, -0.2) is 31.2 Å². The topological polar surface area (TPSA) is 74.8 Å². The second kappa shape index (κ2) is 8.06. The van der Waals surface area contributed by atoms with Gasteiger partial charge in [0.15, 0.2) is 11.3 Å². The first kappa shape index (κ1) is 21.0. The van der Waals surface area contributed by atoms with E-state index in [0.717, 1.165) is 28.0 Å². The van der Waals surface area contributed by atoms with Gasteiger partial charge in [0.05, 0.1) is 24.7 Å². The van der Waals surface area contributed by atoms with Crippen LogP contribution in [0.2, 0.25) is 0 Å². The number of rotatable bonds is 4. The molecular weight excluding hydrogens is 438 g/mol. The fourth-order valence-corrected chi connectivity index (χ4v) is 4.47. The molecule has 0 spiro atoms. The molecule has 7 heteroatoms. The number of ether oxygens (including phenoxy) is 1. The summed E-state index contributed by atoms with van der Waals surface area (Å²) in [5.41, 5.74) is 6.10. The van der Waals surface area contributed by atoms with E-state index in [1.54, 1.807) is 11.7 Å². The van der Waals surface area contributed by atoms with Gasteiger partial charge < -0.3 is 4.74 Å². The molecule has 6 rings (SSSR count). The number of benzene rings is 3. The zero-order chi connectivity index (χ0) is 24.1. The Balaban J connectivity index is 1.68. The van der Waals surface area contributed by atoms with Crippen molar-refractivity contribution in [3.63, 3.8) is 0 Å². The highest BCUT2D eigenvalue weighted by atomic mass is 16.5. The molecule has 0 saturated heterocycles. The fraction of sp³-hybridized carbons (Fsp3) is 0.143. The maximum atomic E-state index is 13.9. The summed E-state index contributed by atoms with van der Waals surface area (Å²) < 4.78 is 8.95. The van der Waals surface area contributed by atoms with Gasteiger partial charge in [-0.2, -0.15) is 0 Å². The van der Waals surface area contributed by atoms with Crippen LogP contribution in [0.1, 0.15) is 17.0 Å². The number of hydrogen-bond acceptors (Lipinski definition) is 5. The average molecular weight is 462 g/mol. The first-order valence-corrected chi connectivity index (χ1v) is 11.4. The second-order valence-corrected chi connectivity index (χ2v) is 8.65. The van der Waals surface area contributed by atoms with Gasteiger partial charge in [-0.3, -0.25) is 13.9 Å². The Kier molecular flexibility index (Phi) is 4.84. The van der Waals surface area contributed by atoms with Gasteiger partial charge in [0, 0.05) is 5.69 Å². The molecule has 3 heterocycles. The van der Waals surface area contributed by atoms with Gasteiger partial charge in [-0.25, -0.2) is 15.0 Å². The van der Waals surface area contributed by atoms with Crippen molar-refractivity contribution >= 4 is 33.2 Å². The Labute approximate surface area is 201 Å². The maximum Gasteiger partial charge on any atom is 0.265 e. The Morgan fingerprint density at radius 2 is 1.49 bits per heavy atom. The molecule has 0 unspecified atom stereocenters. The third-order valence-corrected chi connectivity index (χ3v) is 6.35. The van der Waals surface area contributed by atoms with Gasteiger partial charge in [0.25, 0.3) is 5.56 Å². The number of fused-ring (bicyclic) bond motifs is 4. The first-order chi connectivity index (χ1) is 17.0. The van der Waals surface area contributed by atoms with Crippen molar-refractivity contribution in [3.8, 4) is 11.4 Å². The van der Waals surface area contributed by atoms with Crippen LogP contribution in [0.3, 0.4) is 0 Å². The quantitative estimate of drug-likeness (QED) is 0.371. The van der Waals surface area contributed by atoms with Crippen LogP contribution >= 0.6 is 0 Å². The lowest BCUT2D eigenvalue weighted by atomic mass is 10.1. The monoisotopic (exact) mass is 461 g/mol. The SMILES string of the molecule is COc1ccc(-n2c3nc4ccccc4nc3c3c(=O)n(Cc4ccc(C)cc4)c(C)nc32)cc1. The lowest BCUT2D eigenvalue weighted by Crippen LogP contribution is -2.24. The van der Waals surface area contributed by atoms with E-state index in [1.807, 2.05) is 79.1 Å². The van der Waals surface area contributed by atoms with Gasteiger partial charge >= 0.3 is 0 Å². The summed E-state index contributed by atoms with van der Waals surface area (Å²) in [4.78, 5) is 28.6. The van der Waals surface area contributed by atoms with Crippen LogP contribution in [0, 0.1) is 13.8 Å². The van der Waals surface area contributed by atoms with E-state index in [0.29, 0.717) is 34.6 Å². The smallest absolute Gasteiger partial charge is 0.265 e. The highest BCUT2D eigenvalue weighted by Crippen LogP contribution is 2.29. The number of methoxy groups -OCH3 is 1. The number of aromatic nitrogens is 5. The predicted octanol–water partition coefficient (Wildman–Crippen LogP) is 4.96. The molecule has 35 heavy (non-hydrogen) atoms. The molecule has 0 fully saturated rings. The van der Waals surface area contributed by atoms with Crippen molar-refractivity contribution in [2.24, 2.45) is 0 Å². The number of nitrogens with zero attached hydrogens (tertiary/aromatic N) is 5. The number of hydrogen-bond donors (Lipinski definition) is 0. The van der Waals surface area contributed by atoms with Crippen molar-refractivity contribution < 1.29 is 4.74 Å². The molecule has 172 valence electrons. The predicted molar refractivity (Wildman–Crippen MR) is 138 cm³/mol. The summed E-state index contributed by atoms with van der Waals surface area (Å²) in [6.07, 6.45) is 0. The lowest BCUT2D eigenvalue weighted by Gasteiger charge is -2.11. The molecule has 0 bridgehead atoms. The van der Waals surface area contributed by atoms with E-state index in [-0.39, 0.29) is 5.56 Å². The fourth-order valence-electron chi connectivity index (χ4n) is 4.47. The van der Waals surface area contributed by atoms with Gasteiger partial charge in [0.2, 0.25) is 0 Å². The van der Waals surface area contributed by atoms with Crippen LogP contribution in [0.25, 0.3) is 38.9 Å². The summed E-state index contributed by atoms with van der Waals surface area (Å²) in [7, 11) is 1.63. The summed E-state index contributed by atoms with van der Waals surface area (Å²) in [5.74, 6) is 1.38. The highest BCUT2D eigenvalue weighted by Gasteiger charge is 2.22. The standard InChI is InChI=1S/C28H23N5O2/c1-17-8-10-19(11-9-17)16-32-18(2)29-26-24(28(32)34)25-27(31-23-7-5-4-6-22(23)30-25)33(26)20-12-14-21(35-3)15-13-20/h4-15H,16H2,1-3H3. The average Bonchev–Trinajstić information content (AvgIpc) is 3.19. The molecule has 6 aromatic rings. The van der Waals surface area contributed by atoms with Crippen molar-refractivity contribution in [1.29, 1.82) is 0 Å². The van der Waals surface area contributed by atoms with Crippen LogP contribution in [0.4, 0.5) is 0 Å². The van der Waals surface area contributed by atoms with Gasteiger partial charge in [-0.15, -0.1) is 0 Å². The molecule has 0 amide bonds. The third-order valence-electron chi connectivity index (χ3n) is 6.35. The molecular formula is C28H23N5O2. The van der Waals surface area contributed by atoms with Gasteiger partial charge in [-0.05, 0) is 55.8 Å². The highest BCUT2D eigenvalue weighted by molar-refractivity contribution is 6.05. The first-order valence-electron chi connectivity index (χ1n) is 11.4. The molecule has 0 aliphatic rings. The van der Waals surface area contributed by atoms with Crippen molar-refractivity contribution in [2.75, 3.05) is 7.11 Å². The van der Waals surface area contributed by atoms with E-state index in [1.165, 1.54) is 5.56 Å². The zero-order valence-corrected chi connectivity index (χ0v) is 19.7. The minimum atomic E-state index is -0.130. The second-order valence-electron chi connectivity index (χ2n) is 8.65.